The number of hydrogen-bond donors (Lipinski definition) is 5. The minimum atomic E-state index is -1.18. The lowest BCUT2D eigenvalue weighted by molar-refractivity contribution is -0.142. The molecule has 0 spiro atoms. The number of hydrogen-bond acceptors (Lipinski definition) is 5. The van der Waals surface area contributed by atoms with Crippen LogP contribution in [-0.2, 0) is 20.8 Å². The molecule has 8 nitrogen and oxygen atoms in total. The van der Waals surface area contributed by atoms with Crippen LogP contribution >= 0.6 is 0 Å². The lowest BCUT2D eigenvalue weighted by Gasteiger charge is -2.24. The van der Waals surface area contributed by atoms with Crippen LogP contribution in [0.3, 0.4) is 0 Å². The summed E-state index contributed by atoms with van der Waals surface area (Å²) >= 11 is 0. The lowest BCUT2D eigenvalue weighted by atomic mass is 9.99. The SMILES string of the molecule is CC(C)C[C@H](NC(=O)[C@@H](N)CC(C)C)C(=O)N[C@H](Cc1ccc(O)cc1)C(=O)O. The summed E-state index contributed by atoms with van der Waals surface area (Å²) in [4.78, 5) is 36.7. The number of carbonyl (C=O) groups is 3. The van der Waals surface area contributed by atoms with Crippen molar-refractivity contribution in [3.63, 3.8) is 0 Å². The van der Waals surface area contributed by atoms with E-state index in [1.165, 1.54) is 12.1 Å². The second kappa shape index (κ2) is 11.4. The lowest BCUT2D eigenvalue weighted by Crippen LogP contribution is -2.55. The first-order valence-corrected chi connectivity index (χ1v) is 9.86. The van der Waals surface area contributed by atoms with Gasteiger partial charge in [-0.15, -0.1) is 0 Å². The Bertz CT molecular complexity index is 688. The van der Waals surface area contributed by atoms with Crippen molar-refractivity contribution in [1.29, 1.82) is 0 Å². The van der Waals surface area contributed by atoms with E-state index in [1.54, 1.807) is 12.1 Å². The molecule has 0 aliphatic heterocycles. The van der Waals surface area contributed by atoms with Crippen molar-refractivity contribution in [2.24, 2.45) is 17.6 Å². The summed E-state index contributed by atoms with van der Waals surface area (Å²) in [5, 5.41) is 24.0. The van der Waals surface area contributed by atoms with E-state index in [0.29, 0.717) is 18.4 Å². The van der Waals surface area contributed by atoms with E-state index in [9.17, 15) is 24.6 Å². The largest absolute Gasteiger partial charge is 0.508 e. The monoisotopic (exact) mass is 407 g/mol. The molecule has 29 heavy (non-hydrogen) atoms. The van der Waals surface area contributed by atoms with Crippen LogP contribution in [-0.4, -0.2) is 46.1 Å². The number of carbonyl (C=O) groups excluding carboxylic acids is 2. The summed E-state index contributed by atoms with van der Waals surface area (Å²) in [7, 11) is 0. The third-order valence-electron chi connectivity index (χ3n) is 4.39. The van der Waals surface area contributed by atoms with E-state index < -0.39 is 35.9 Å². The van der Waals surface area contributed by atoms with E-state index in [0.717, 1.165) is 0 Å². The molecule has 0 saturated heterocycles. The molecule has 0 aromatic heterocycles. The van der Waals surface area contributed by atoms with E-state index in [2.05, 4.69) is 10.6 Å². The second-order valence-corrected chi connectivity index (χ2v) is 8.20. The number of carboxylic acid groups (broad SMARTS) is 1. The molecule has 0 fully saturated rings. The van der Waals surface area contributed by atoms with Crippen LogP contribution in [0.25, 0.3) is 0 Å². The van der Waals surface area contributed by atoms with Crippen molar-refractivity contribution >= 4 is 17.8 Å². The Morgan fingerprint density at radius 2 is 1.41 bits per heavy atom. The summed E-state index contributed by atoms with van der Waals surface area (Å²) in [5.74, 6) is -1.76. The number of aliphatic carboxylic acids is 1. The van der Waals surface area contributed by atoms with E-state index in [-0.39, 0.29) is 24.0 Å². The fourth-order valence-corrected chi connectivity index (χ4v) is 2.94. The summed E-state index contributed by atoms with van der Waals surface area (Å²) < 4.78 is 0. The molecule has 0 aliphatic rings. The second-order valence-electron chi connectivity index (χ2n) is 8.20. The molecule has 1 aromatic rings. The molecular weight excluding hydrogens is 374 g/mol. The molecule has 0 unspecified atom stereocenters. The molecule has 0 saturated carbocycles. The van der Waals surface area contributed by atoms with Crippen LogP contribution < -0.4 is 16.4 Å². The molecule has 2 amide bonds. The highest BCUT2D eigenvalue weighted by Gasteiger charge is 2.28. The maximum absolute atomic E-state index is 12.7. The molecule has 8 heteroatoms. The highest BCUT2D eigenvalue weighted by molar-refractivity contribution is 5.91. The van der Waals surface area contributed by atoms with Crippen molar-refractivity contribution in [2.75, 3.05) is 0 Å². The average Bonchev–Trinajstić information content (AvgIpc) is 2.61. The molecule has 1 aromatic carbocycles. The van der Waals surface area contributed by atoms with Gasteiger partial charge in [-0.2, -0.15) is 0 Å². The van der Waals surface area contributed by atoms with Gasteiger partial charge in [-0.3, -0.25) is 9.59 Å². The number of rotatable bonds is 11. The summed E-state index contributed by atoms with van der Waals surface area (Å²) in [6.45, 7) is 7.72. The smallest absolute Gasteiger partial charge is 0.326 e. The first-order valence-electron chi connectivity index (χ1n) is 9.86. The zero-order valence-electron chi connectivity index (χ0n) is 17.5. The topological polar surface area (TPSA) is 142 Å². The maximum Gasteiger partial charge on any atom is 0.326 e. The van der Waals surface area contributed by atoms with Crippen LogP contribution in [0.4, 0.5) is 0 Å². The summed E-state index contributed by atoms with van der Waals surface area (Å²) in [6, 6.07) is 3.32. The first kappa shape index (κ1) is 24.4. The number of benzene rings is 1. The van der Waals surface area contributed by atoms with Gasteiger partial charge in [0.1, 0.15) is 17.8 Å². The Balaban J connectivity index is 2.85. The van der Waals surface area contributed by atoms with Crippen molar-refractivity contribution in [2.45, 2.75) is 65.1 Å². The number of phenols is 1. The minimum absolute atomic E-state index is 0.0521. The zero-order valence-corrected chi connectivity index (χ0v) is 17.5. The molecule has 0 heterocycles. The fourth-order valence-electron chi connectivity index (χ4n) is 2.94. The Hall–Kier alpha value is -2.61. The molecule has 3 atom stereocenters. The van der Waals surface area contributed by atoms with Gasteiger partial charge in [0.05, 0.1) is 6.04 Å². The summed E-state index contributed by atoms with van der Waals surface area (Å²) in [6.07, 6.45) is 0.897. The highest BCUT2D eigenvalue weighted by atomic mass is 16.4. The molecule has 6 N–H and O–H groups in total. The van der Waals surface area contributed by atoms with Gasteiger partial charge in [-0.1, -0.05) is 39.8 Å². The van der Waals surface area contributed by atoms with Crippen LogP contribution in [0.2, 0.25) is 0 Å². The Morgan fingerprint density at radius 1 is 0.897 bits per heavy atom. The van der Waals surface area contributed by atoms with Crippen LogP contribution in [0.15, 0.2) is 24.3 Å². The van der Waals surface area contributed by atoms with Gasteiger partial charge in [0.2, 0.25) is 11.8 Å². The number of nitrogens with one attached hydrogen (secondary N) is 2. The number of phenolic OH excluding ortho intramolecular Hbond substituents is 1. The highest BCUT2D eigenvalue weighted by Crippen LogP contribution is 2.12. The van der Waals surface area contributed by atoms with Crippen LogP contribution in [0.5, 0.6) is 5.75 Å². The van der Waals surface area contributed by atoms with Gasteiger partial charge in [0, 0.05) is 6.42 Å². The fraction of sp³-hybridized carbons (Fsp3) is 0.571. The molecule has 0 radical (unpaired) electrons. The Morgan fingerprint density at radius 3 is 1.90 bits per heavy atom. The average molecular weight is 408 g/mol. The predicted octanol–water partition coefficient (Wildman–Crippen LogP) is 1.41. The third kappa shape index (κ3) is 8.95. The van der Waals surface area contributed by atoms with Crippen LogP contribution in [0.1, 0.15) is 46.1 Å². The van der Waals surface area contributed by atoms with E-state index >= 15 is 0 Å². The van der Waals surface area contributed by atoms with Crippen molar-refractivity contribution < 1.29 is 24.6 Å². The number of carboxylic acids is 1. The van der Waals surface area contributed by atoms with Crippen LogP contribution in [0, 0.1) is 11.8 Å². The van der Waals surface area contributed by atoms with Crippen molar-refractivity contribution in [3.05, 3.63) is 29.8 Å². The predicted molar refractivity (Wildman–Crippen MR) is 110 cm³/mol. The van der Waals surface area contributed by atoms with Gasteiger partial charge in [0.25, 0.3) is 0 Å². The molecule has 0 aliphatic carbocycles. The minimum Gasteiger partial charge on any atom is -0.508 e. The molecule has 162 valence electrons. The third-order valence-corrected chi connectivity index (χ3v) is 4.39. The first-order chi connectivity index (χ1) is 13.5. The van der Waals surface area contributed by atoms with Gasteiger partial charge in [-0.05, 0) is 42.4 Å². The molecule has 0 bridgehead atoms. The van der Waals surface area contributed by atoms with E-state index in [1.807, 2.05) is 27.7 Å². The molecule has 1 rings (SSSR count). The number of amides is 2. The Labute approximate surface area is 171 Å². The normalized spacial score (nSPS) is 14.3. The van der Waals surface area contributed by atoms with Gasteiger partial charge < -0.3 is 26.6 Å². The van der Waals surface area contributed by atoms with Gasteiger partial charge in [-0.25, -0.2) is 4.79 Å². The zero-order chi connectivity index (χ0) is 22.1. The number of nitrogens with two attached hydrogens (primary N) is 1. The van der Waals surface area contributed by atoms with Gasteiger partial charge >= 0.3 is 5.97 Å². The van der Waals surface area contributed by atoms with Gasteiger partial charge in [0.15, 0.2) is 0 Å². The maximum atomic E-state index is 12.7. The van der Waals surface area contributed by atoms with Crippen molar-refractivity contribution in [1.82, 2.24) is 10.6 Å². The quantitative estimate of drug-likeness (QED) is 0.375. The Kier molecular flexibility index (Phi) is 9.61. The summed E-state index contributed by atoms with van der Waals surface area (Å²) in [5.41, 5.74) is 6.55. The molecular formula is C21H33N3O5. The van der Waals surface area contributed by atoms with Crippen molar-refractivity contribution in [3.8, 4) is 5.75 Å². The standard InChI is InChI=1S/C21H33N3O5/c1-12(2)9-16(22)19(26)23-17(10-13(3)4)20(27)24-18(21(28)29)11-14-5-7-15(25)8-6-14/h5-8,12-13,16-18,25H,9-11,22H2,1-4H3,(H,23,26)(H,24,27)(H,28,29)/t16-,17-,18+/m0/s1. The van der Waals surface area contributed by atoms with E-state index in [4.69, 9.17) is 5.73 Å². The number of aromatic hydroxyl groups is 1.